The van der Waals surface area contributed by atoms with E-state index in [9.17, 15) is 4.79 Å². The van der Waals surface area contributed by atoms with Crippen molar-refractivity contribution < 1.29 is 4.79 Å². The molecule has 0 aromatic heterocycles. The van der Waals surface area contributed by atoms with Crippen molar-refractivity contribution in [2.75, 3.05) is 6.54 Å². The number of rotatable bonds is 4. The molecular formula is C13H17N3O. The Bertz CT molecular complexity index is 406. The summed E-state index contributed by atoms with van der Waals surface area (Å²) in [5, 5.41) is 14.2. The number of nitrogens with one attached hydrogen (secondary N) is 2. The maximum absolute atomic E-state index is 11.4. The van der Waals surface area contributed by atoms with Crippen molar-refractivity contribution in [1.29, 1.82) is 5.26 Å². The zero-order valence-electron chi connectivity index (χ0n) is 10.2. The van der Waals surface area contributed by atoms with Crippen molar-refractivity contribution in [3.05, 3.63) is 35.9 Å². The molecule has 0 aliphatic rings. The lowest BCUT2D eigenvalue weighted by Crippen LogP contribution is -2.40. The second-order valence-corrected chi connectivity index (χ2v) is 4.52. The number of hydrogen-bond donors (Lipinski definition) is 2. The molecule has 1 aromatic carbocycles. The van der Waals surface area contributed by atoms with Crippen molar-refractivity contribution in [2.45, 2.75) is 20.4 Å². The fourth-order valence-corrected chi connectivity index (χ4v) is 1.18. The first kappa shape index (κ1) is 13.0. The highest BCUT2D eigenvalue weighted by Crippen LogP contribution is 2.10. The van der Waals surface area contributed by atoms with Gasteiger partial charge in [-0.05, 0) is 19.4 Å². The van der Waals surface area contributed by atoms with Crippen LogP contribution in [0.4, 0.5) is 4.79 Å². The molecule has 90 valence electrons. The second-order valence-electron chi connectivity index (χ2n) is 4.52. The largest absolute Gasteiger partial charge is 0.337 e. The van der Waals surface area contributed by atoms with Gasteiger partial charge in [-0.15, -0.1) is 0 Å². The van der Waals surface area contributed by atoms with Crippen molar-refractivity contribution in [2.24, 2.45) is 5.41 Å². The number of nitrogens with zero attached hydrogens (tertiary/aromatic N) is 1. The standard InChI is InChI=1S/C13H17N3O/c1-13(2,9-14)10-16-12(17)15-8-11-6-4-3-5-7-11/h3-7H,8,10H2,1-2H3,(H2,15,16,17). The number of nitriles is 1. The molecule has 0 unspecified atom stereocenters. The number of carbonyl (C=O) groups excluding carboxylic acids is 1. The van der Waals surface area contributed by atoms with Crippen LogP contribution in [0.1, 0.15) is 19.4 Å². The van der Waals surface area contributed by atoms with Gasteiger partial charge < -0.3 is 10.6 Å². The summed E-state index contributed by atoms with van der Waals surface area (Å²) in [5.41, 5.74) is 0.506. The van der Waals surface area contributed by atoms with Gasteiger partial charge in [0, 0.05) is 13.1 Å². The molecule has 0 saturated carbocycles. The number of carbonyl (C=O) groups is 1. The van der Waals surface area contributed by atoms with Crippen LogP contribution in [0.3, 0.4) is 0 Å². The highest BCUT2D eigenvalue weighted by atomic mass is 16.2. The lowest BCUT2D eigenvalue weighted by Gasteiger charge is -2.16. The van der Waals surface area contributed by atoms with E-state index in [1.807, 2.05) is 30.3 Å². The van der Waals surface area contributed by atoms with E-state index < -0.39 is 5.41 Å². The molecule has 0 radical (unpaired) electrons. The fourth-order valence-electron chi connectivity index (χ4n) is 1.18. The van der Waals surface area contributed by atoms with Crippen molar-refractivity contribution in [3.63, 3.8) is 0 Å². The summed E-state index contributed by atoms with van der Waals surface area (Å²) in [4.78, 5) is 11.4. The third-order valence-corrected chi connectivity index (χ3v) is 2.29. The van der Waals surface area contributed by atoms with Crippen LogP contribution in [-0.2, 0) is 6.54 Å². The summed E-state index contributed by atoms with van der Waals surface area (Å²) in [6.07, 6.45) is 0. The van der Waals surface area contributed by atoms with Gasteiger partial charge in [0.25, 0.3) is 0 Å². The molecule has 4 nitrogen and oxygen atoms in total. The van der Waals surface area contributed by atoms with Gasteiger partial charge in [0.1, 0.15) is 0 Å². The summed E-state index contributed by atoms with van der Waals surface area (Å²) < 4.78 is 0. The summed E-state index contributed by atoms with van der Waals surface area (Å²) in [5.74, 6) is 0. The Hall–Kier alpha value is -2.02. The number of benzene rings is 1. The van der Waals surface area contributed by atoms with Crippen LogP contribution in [0.15, 0.2) is 30.3 Å². The average Bonchev–Trinajstić information content (AvgIpc) is 2.35. The van der Waals surface area contributed by atoms with E-state index >= 15 is 0 Å². The van der Waals surface area contributed by atoms with E-state index in [1.54, 1.807) is 13.8 Å². The first-order valence-electron chi connectivity index (χ1n) is 5.50. The van der Waals surface area contributed by atoms with Crippen LogP contribution < -0.4 is 10.6 Å². The molecule has 0 heterocycles. The van der Waals surface area contributed by atoms with Gasteiger partial charge in [0.15, 0.2) is 0 Å². The molecular weight excluding hydrogens is 214 g/mol. The Morgan fingerprint density at radius 1 is 1.29 bits per heavy atom. The molecule has 0 aliphatic heterocycles. The van der Waals surface area contributed by atoms with Crippen LogP contribution >= 0.6 is 0 Å². The molecule has 2 amide bonds. The maximum Gasteiger partial charge on any atom is 0.315 e. The number of urea groups is 1. The highest BCUT2D eigenvalue weighted by molar-refractivity contribution is 5.73. The third-order valence-electron chi connectivity index (χ3n) is 2.29. The molecule has 0 saturated heterocycles. The number of amides is 2. The minimum atomic E-state index is -0.538. The Morgan fingerprint density at radius 2 is 1.94 bits per heavy atom. The lowest BCUT2D eigenvalue weighted by molar-refractivity contribution is 0.237. The first-order chi connectivity index (χ1) is 8.03. The van der Waals surface area contributed by atoms with Crippen LogP contribution in [0, 0.1) is 16.7 Å². The average molecular weight is 231 g/mol. The van der Waals surface area contributed by atoms with Gasteiger partial charge in [-0.2, -0.15) is 5.26 Å². The molecule has 1 rings (SSSR count). The Kier molecular flexibility index (Phi) is 4.53. The minimum absolute atomic E-state index is 0.253. The molecule has 4 heteroatoms. The summed E-state index contributed by atoms with van der Waals surface area (Å²) >= 11 is 0. The van der Waals surface area contributed by atoms with E-state index in [2.05, 4.69) is 16.7 Å². The van der Waals surface area contributed by atoms with Gasteiger partial charge in [-0.3, -0.25) is 0 Å². The molecule has 0 aliphatic carbocycles. The summed E-state index contributed by atoms with van der Waals surface area (Å²) in [7, 11) is 0. The number of hydrogen-bond acceptors (Lipinski definition) is 2. The predicted octanol–water partition coefficient (Wildman–Crippen LogP) is 2.04. The minimum Gasteiger partial charge on any atom is -0.337 e. The maximum atomic E-state index is 11.4. The van der Waals surface area contributed by atoms with E-state index in [4.69, 9.17) is 5.26 Å². The molecule has 0 bridgehead atoms. The Balaban J connectivity index is 2.30. The predicted molar refractivity (Wildman–Crippen MR) is 66.1 cm³/mol. The quantitative estimate of drug-likeness (QED) is 0.832. The van der Waals surface area contributed by atoms with Gasteiger partial charge in [-0.1, -0.05) is 30.3 Å². The SMILES string of the molecule is CC(C)(C#N)CNC(=O)NCc1ccccc1. The van der Waals surface area contributed by atoms with Crippen molar-refractivity contribution in [3.8, 4) is 6.07 Å². The van der Waals surface area contributed by atoms with Gasteiger partial charge >= 0.3 is 6.03 Å². The molecule has 1 aromatic rings. The molecule has 0 fully saturated rings. The molecule has 17 heavy (non-hydrogen) atoms. The van der Waals surface area contributed by atoms with E-state index in [0.29, 0.717) is 13.1 Å². The van der Waals surface area contributed by atoms with Crippen molar-refractivity contribution >= 4 is 6.03 Å². The zero-order chi connectivity index (χ0) is 12.7. The highest BCUT2D eigenvalue weighted by Gasteiger charge is 2.17. The Labute approximate surface area is 102 Å². The van der Waals surface area contributed by atoms with Crippen LogP contribution in [0.2, 0.25) is 0 Å². The first-order valence-corrected chi connectivity index (χ1v) is 5.50. The fraction of sp³-hybridized carbons (Fsp3) is 0.385. The third kappa shape index (κ3) is 5.03. The smallest absolute Gasteiger partial charge is 0.315 e. The summed E-state index contributed by atoms with van der Waals surface area (Å²) in [6, 6.07) is 11.5. The zero-order valence-corrected chi connectivity index (χ0v) is 10.2. The second kappa shape index (κ2) is 5.90. The van der Waals surface area contributed by atoms with Crippen LogP contribution in [0.5, 0.6) is 0 Å². The van der Waals surface area contributed by atoms with E-state index in [-0.39, 0.29) is 6.03 Å². The van der Waals surface area contributed by atoms with Crippen LogP contribution in [-0.4, -0.2) is 12.6 Å². The lowest BCUT2D eigenvalue weighted by atomic mass is 9.96. The monoisotopic (exact) mass is 231 g/mol. The normalized spacial score (nSPS) is 10.4. The van der Waals surface area contributed by atoms with Gasteiger partial charge in [0.05, 0.1) is 11.5 Å². The molecule has 0 atom stereocenters. The van der Waals surface area contributed by atoms with Gasteiger partial charge in [-0.25, -0.2) is 4.79 Å². The molecule has 0 spiro atoms. The topological polar surface area (TPSA) is 64.9 Å². The van der Waals surface area contributed by atoms with Gasteiger partial charge in [0.2, 0.25) is 0 Å². The Morgan fingerprint density at radius 3 is 2.53 bits per heavy atom. The molecule has 2 N–H and O–H groups in total. The van der Waals surface area contributed by atoms with E-state index in [1.165, 1.54) is 0 Å². The van der Waals surface area contributed by atoms with E-state index in [0.717, 1.165) is 5.56 Å². The summed E-state index contributed by atoms with van der Waals surface area (Å²) in [6.45, 7) is 4.39. The van der Waals surface area contributed by atoms with Crippen LogP contribution in [0.25, 0.3) is 0 Å². The van der Waals surface area contributed by atoms with Crippen molar-refractivity contribution in [1.82, 2.24) is 10.6 Å².